The lowest BCUT2D eigenvalue weighted by Crippen LogP contribution is -2.68. The fraction of sp³-hybridized carbons (Fsp3) is 0.600. The molecule has 266 valence electrons. The summed E-state index contributed by atoms with van der Waals surface area (Å²) in [6.45, 7) is 4.87. The summed E-state index contributed by atoms with van der Waals surface area (Å²) in [7, 11) is 7.05. The summed E-state index contributed by atoms with van der Waals surface area (Å²) in [6, 6.07) is 1.83. The van der Waals surface area contributed by atoms with Crippen molar-refractivity contribution in [2.24, 2.45) is 0 Å². The predicted octanol–water partition coefficient (Wildman–Crippen LogP) is 0.670. The van der Waals surface area contributed by atoms with Crippen LogP contribution in [-0.2, 0) is 26.2 Å². The number of ether oxygens (including phenoxy) is 4. The topological polar surface area (TPSA) is 199 Å². The summed E-state index contributed by atoms with van der Waals surface area (Å²) >= 11 is 0. The molecule has 49 heavy (non-hydrogen) atoms. The maximum absolute atomic E-state index is 14.5. The lowest BCUT2D eigenvalue weighted by molar-refractivity contribution is -0.311. The third-order valence-electron chi connectivity index (χ3n) is 11.1. The van der Waals surface area contributed by atoms with Crippen LogP contribution >= 0.6 is 0 Å². The van der Waals surface area contributed by atoms with Crippen molar-refractivity contribution in [3.8, 4) is 17.2 Å². The number of nitrogens with zero attached hydrogens (tertiary/aromatic N) is 2. The second-order valence-corrected chi connectivity index (χ2v) is 15.0. The highest BCUT2D eigenvalue weighted by Crippen LogP contribution is 2.55. The van der Waals surface area contributed by atoms with E-state index in [2.05, 4.69) is 0 Å². The maximum atomic E-state index is 14.5. The van der Waals surface area contributed by atoms with Crippen molar-refractivity contribution in [3.63, 3.8) is 0 Å². The number of hydrogen-bond acceptors (Lipinski definition) is 14. The first kappa shape index (κ1) is 34.3. The van der Waals surface area contributed by atoms with Gasteiger partial charge < -0.3 is 59.4 Å². The Bertz CT molecular complexity index is 1740. The van der Waals surface area contributed by atoms with Crippen molar-refractivity contribution in [2.75, 3.05) is 28.2 Å². The molecule has 2 aromatic rings. The molecule has 2 saturated heterocycles. The van der Waals surface area contributed by atoms with Crippen LogP contribution in [0.3, 0.4) is 0 Å². The van der Waals surface area contributed by atoms with Crippen LogP contribution in [0, 0.1) is 0 Å². The number of carbonyl (C=O) groups excluding carboxylic acids is 2. The summed E-state index contributed by atoms with van der Waals surface area (Å²) in [5, 5.41) is 68.1. The van der Waals surface area contributed by atoms with Gasteiger partial charge >= 0.3 is 0 Å². The number of likely N-dealkylation sites (N-methyl/N-ethyl adjacent to an activating group) is 2. The Kier molecular flexibility index (Phi) is 7.99. The summed E-state index contributed by atoms with van der Waals surface area (Å²) in [5.74, 6) is -2.77. The SMILES string of the molecule is CC1OC(OC2CC(C)(O)Cc3c(O)c4c(c(O)c32)C(=O)c2ccc3c(c2C4=O)OC2OC3(C)C(O)C(N(C)C)C2O)CC(N(C)C)C1O. The number of carbonyl (C=O) groups is 2. The molecule has 0 saturated carbocycles. The van der Waals surface area contributed by atoms with Gasteiger partial charge in [-0.3, -0.25) is 9.59 Å². The Labute approximate surface area is 283 Å². The van der Waals surface area contributed by atoms with E-state index in [1.165, 1.54) is 12.1 Å². The predicted molar refractivity (Wildman–Crippen MR) is 171 cm³/mol. The van der Waals surface area contributed by atoms with E-state index in [4.69, 9.17) is 18.9 Å². The van der Waals surface area contributed by atoms with E-state index in [9.17, 15) is 40.2 Å². The molecule has 0 amide bonds. The molecule has 2 aromatic carbocycles. The molecule has 2 bridgehead atoms. The zero-order valence-corrected chi connectivity index (χ0v) is 28.5. The number of rotatable bonds is 4. The number of aliphatic hydroxyl groups is 4. The summed E-state index contributed by atoms with van der Waals surface area (Å²) < 4.78 is 24.4. The van der Waals surface area contributed by atoms with Gasteiger partial charge in [-0.15, -0.1) is 0 Å². The fourth-order valence-electron chi connectivity index (χ4n) is 8.49. The van der Waals surface area contributed by atoms with Crippen molar-refractivity contribution in [1.29, 1.82) is 0 Å². The lowest BCUT2D eigenvalue weighted by Gasteiger charge is -2.53. The zero-order valence-electron chi connectivity index (χ0n) is 28.5. The largest absolute Gasteiger partial charge is 0.507 e. The molecule has 0 aromatic heterocycles. The first-order valence-electron chi connectivity index (χ1n) is 16.5. The van der Waals surface area contributed by atoms with Gasteiger partial charge in [-0.05, 0) is 55.0 Å². The first-order valence-corrected chi connectivity index (χ1v) is 16.5. The molecule has 14 heteroatoms. The third kappa shape index (κ3) is 4.95. The van der Waals surface area contributed by atoms with E-state index in [0.29, 0.717) is 0 Å². The van der Waals surface area contributed by atoms with Gasteiger partial charge in [0.05, 0.1) is 46.6 Å². The Morgan fingerprint density at radius 1 is 0.918 bits per heavy atom. The zero-order chi connectivity index (χ0) is 35.6. The summed E-state index contributed by atoms with van der Waals surface area (Å²) in [6.07, 6.45) is -7.07. The van der Waals surface area contributed by atoms with Gasteiger partial charge in [-0.2, -0.15) is 0 Å². The van der Waals surface area contributed by atoms with Gasteiger partial charge in [-0.1, -0.05) is 6.07 Å². The second-order valence-electron chi connectivity index (χ2n) is 15.0. The van der Waals surface area contributed by atoms with Crippen molar-refractivity contribution < 1.29 is 59.2 Å². The van der Waals surface area contributed by atoms with Crippen LogP contribution in [-0.4, -0.2) is 135 Å². The van der Waals surface area contributed by atoms with E-state index in [1.54, 1.807) is 39.8 Å². The molecular weight excluding hydrogens is 640 g/mol. The third-order valence-corrected chi connectivity index (χ3v) is 11.1. The molecule has 6 N–H and O–H groups in total. The van der Waals surface area contributed by atoms with Crippen molar-refractivity contribution >= 4 is 11.6 Å². The fourth-order valence-corrected chi connectivity index (χ4v) is 8.49. The number of hydrogen-bond donors (Lipinski definition) is 6. The van der Waals surface area contributed by atoms with E-state index in [1.807, 2.05) is 19.0 Å². The van der Waals surface area contributed by atoms with Crippen molar-refractivity contribution in [1.82, 2.24) is 9.80 Å². The molecule has 11 unspecified atom stereocenters. The molecule has 7 rings (SSSR count). The molecule has 0 spiro atoms. The Balaban J connectivity index is 1.33. The average Bonchev–Trinajstić information content (AvgIpc) is 3.01. The first-order chi connectivity index (χ1) is 22.9. The molecule has 2 fully saturated rings. The minimum atomic E-state index is -1.45. The van der Waals surface area contributed by atoms with Gasteiger partial charge in [0.2, 0.25) is 12.1 Å². The number of ketones is 2. The molecule has 0 radical (unpaired) electrons. The van der Waals surface area contributed by atoms with E-state index in [0.717, 1.165) is 0 Å². The van der Waals surface area contributed by atoms with Gasteiger partial charge in [0.1, 0.15) is 35.1 Å². The molecular formula is C35H44N2O12. The maximum Gasteiger partial charge on any atom is 0.228 e. The number of phenols is 2. The Hall–Kier alpha value is -3.18. The standard InChI is InChI=1S/C35H44N2O12/c1-13-25(38)17(36(4)5)10-19(46-13)47-18-12-34(2,45)11-15-20(18)28(41)22-23(27(15)40)29(42)21-14(26(22)39)8-9-16-31(21)48-33-30(43)24(37(6)7)32(44)35(16,3)49-33/h8-9,13,17-19,24-25,30,32-33,38,40-41,43-45H,10-12H2,1-7H3. The lowest BCUT2D eigenvalue weighted by atomic mass is 9.72. The number of fused-ring (bicyclic) bond motifs is 8. The number of benzene rings is 2. The molecule has 3 heterocycles. The van der Waals surface area contributed by atoms with E-state index >= 15 is 0 Å². The van der Waals surface area contributed by atoms with E-state index in [-0.39, 0.29) is 58.9 Å². The van der Waals surface area contributed by atoms with Crippen LogP contribution in [0.15, 0.2) is 12.1 Å². The second kappa shape index (κ2) is 11.4. The highest BCUT2D eigenvalue weighted by Gasteiger charge is 2.59. The smallest absolute Gasteiger partial charge is 0.228 e. The minimum absolute atomic E-state index is 0.0200. The van der Waals surface area contributed by atoms with Crippen molar-refractivity contribution in [2.45, 2.75) is 106 Å². The Morgan fingerprint density at radius 3 is 2.24 bits per heavy atom. The van der Waals surface area contributed by atoms with E-state index < -0.39 is 94.5 Å². The molecule has 11 atom stereocenters. The van der Waals surface area contributed by atoms with Gasteiger partial charge in [-0.25, -0.2) is 0 Å². The number of phenolic OH excluding ortho intramolecular Hbond substituents is 2. The van der Waals surface area contributed by atoms with Crippen LogP contribution in [0.2, 0.25) is 0 Å². The molecule has 2 aliphatic carbocycles. The monoisotopic (exact) mass is 684 g/mol. The van der Waals surface area contributed by atoms with Crippen LogP contribution in [0.5, 0.6) is 17.2 Å². The van der Waals surface area contributed by atoms with Gasteiger partial charge in [0, 0.05) is 47.6 Å². The summed E-state index contributed by atoms with van der Waals surface area (Å²) in [5.41, 5.74) is -3.64. The highest BCUT2D eigenvalue weighted by molar-refractivity contribution is 6.31. The minimum Gasteiger partial charge on any atom is -0.507 e. The van der Waals surface area contributed by atoms with Crippen LogP contribution < -0.4 is 4.74 Å². The number of aromatic hydroxyl groups is 2. The molecule has 3 aliphatic heterocycles. The van der Waals surface area contributed by atoms with Crippen LogP contribution in [0.1, 0.15) is 88.3 Å². The highest BCUT2D eigenvalue weighted by atomic mass is 16.7. The van der Waals surface area contributed by atoms with Crippen molar-refractivity contribution in [3.05, 3.63) is 51.1 Å². The van der Waals surface area contributed by atoms with Gasteiger partial charge in [0.15, 0.2) is 12.1 Å². The van der Waals surface area contributed by atoms with Crippen LogP contribution in [0.25, 0.3) is 0 Å². The molecule has 5 aliphatic rings. The average molecular weight is 685 g/mol. The Morgan fingerprint density at radius 2 is 1.59 bits per heavy atom. The summed E-state index contributed by atoms with van der Waals surface area (Å²) in [4.78, 5) is 32.2. The normalized spacial score (nSPS) is 38.1. The van der Waals surface area contributed by atoms with Gasteiger partial charge in [0.25, 0.3) is 0 Å². The quantitative estimate of drug-likeness (QED) is 0.210. The molecule has 14 nitrogen and oxygen atoms in total. The van der Waals surface area contributed by atoms with Crippen LogP contribution in [0.4, 0.5) is 0 Å². The number of aliphatic hydroxyl groups excluding tert-OH is 3.